The normalized spacial score (nSPS) is 18.1. The number of hydrazone groups is 1. The first-order chi connectivity index (χ1) is 12.8. The van der Waals surface area contributed by atoms with E-state index in [1.165, 1.54) is 6.26 Å². The number of nitrogens with zero attached hydrogens (tertiary/aromatic N) is 2. The lowest BCUT2D eigenvalue weighted by molar-refractivity contribution is -0.116. The lowest BCUT2D eigenvalue weighted by atomic mass is 10.0. The van der Waals surface area contributed by atoms with Gasteiger partial charge in [-0.05, 0) is 57.0 Å². The summed E-state index contributed by atoms with van der Waals surface area (Å²) in [5.41, 5.74) is 6.89. The Balaban J connectivity index is 1.95. The van der Waals surface area contributed by atoms with Crippen molar-refractivity contribution in [2.75, 3.05) is 0 Å². The van der Waals surface area contributed by atoms with Crippen LogP contribution in [-0.2, 0) is 11.3 Å². The fourth-order valence-corrected chi connectivity index (χ4v) is 3.17. The van der Waals surface area contributed by atoms with Crippen LogP contribution in [-0.4, -0.2) is 44.2 Å². The molecule has 0 aliphatic carbocycles. The van der Waals surface area contributed by atoms with Gasteiger partial charge in [0.25, 0.3) is 5.91 Å². The van der Waals surface area contributed by atoms with Crippen molar-refractivity contribution in [1.82, 2.24) is 15.3 Å². The number of hydrogen-bond donors (Lipinski definition) is 4. The SMILES string of the molecule is Cc1[nH]c(C=C2C(=O)NN=C2c2ccco2)c(C)c1CN(C(C)O)C(C)O. The number of rotatable bonds is 6. The van der Waals surface area contributed by atoms with E-state index in [2.05, 4.69) is 15.5 Å². The highest BCUT2D eigenvalue weighted by Crippen LogP contribution is 2.25. The molecule has 0 bridgehead atoms. The average Bonchev–Trinajstić information content (AvgIpc) is 3.29. The summed E-state index contributed by atoms with van der Waals surface area (Å²) in [7, 11) is 0. The molecule has 2 unspecified atom stereocenters. The van der Waals surface area contributed by atoms with Gasteiger partial charge in [0, 0.05) is 17.9 Å². The Bertz CT molecular complexity index is 883. The van der Waals surface area contributed by atoms with Crippen LogP contribution in [0.5, 0.6) is 0 Å². The summed E-state index contributed by atoms with van der Waals surface area (Å²) in [6.45, 7) is 7.45. The third-order valence-corrected chi connectivity index (χ3v) is 4.74. The van der Waals surface area contributed by atoms with Crippen molar-refractivity contribution in [3.63, 3.8) is 0 Å². The first-order valence-electron chi connectivity index (χ1n) is 8.73. The second-order valence-electron chi connectivity index (χ2n) is 6.64. The first-order valence-corrected chi connectivity index (χ1v) is 8.73. The summed E-state index contributed by atoms with van der Waals surface area (Å²) >= 11 is 0. The number of nitrogens with one attached hydrogen (secondary N) is 2. The van der Waals surface area contributed by atoms with Gasteiger partial charge in [-0.2, -0.15) is 5.10 Å². The van der Waals surface area contributed by atoms with E-state index in [9.17, 15) is 15.0 Å². The fourth-order valence-electron chi connectivity index (χ4n) is 3.17. The van der Waals surface area contributed by atoms with E-state index in [-0.39, 0.29) is 5.91 Å². The van der Waals surface area contributed by atoms with Gasteiger partial charge in [0.2, 0.25) is 0 Å². The van der Waals surface area contributed by atoms with Crippen molar-refractivity contribution in [2.24, 2.45) is 5.10 Å². The van der Waals surface area contributed by atoms with Crippen LogP contribution in [0, 0.1) is 13.8 Å². The van der Waals surface area contributed by atoms with Crippen molar-refractivity contribution in [1.29, 1.82) is 0 Å². The molecular formula is C19H24N4O4. The van der Waals surface area contributed by atoms with E-state index in [4.69, 9.17) is 4.42 Å². The number of aliphatic hydroxyl groups excluding tert-OH is 2. The van der Waals surface area contributed by atoms with Gasteiger partial charge in [0.05, 0.1) is 11.8 Å². The molecule has 0 saturated carbocycles. The van der Waals surface area contributed by atoms with Gasteiger partial charge in [-0.25, -0.2) is 10.3 Å². The molecule has 144 valence electrons. The van der Waals surface area contributed by atoms with Crippen LogP contribution in [0.2, 0.25) is 0 Å². The van der Waals surface area contributed by atoms with Crippen LogP contribution in [0.15, 0.2) is 33.5 Å². The smallest absolute Gasteiger partial charge is 0.273 e. The Morgan fingerprint density at radius 1 is 1.30 bits per heavy atom. The number of aromatic amines is 1. The third kappa shape index (κ3) is 3.73. The highest BCUT2D eigenvalue weighted by atomic mass is 16.3. The molecule has 3 heterocycles. The molecule has 2 atom stereocenters. The molecule has 8 nitrogen and oxygen atoms in total. The standard InChI is InChI=1S/C19H24N4O4/c1-10-15(9-23(12(3)24)13(4)25)11(2)20-16(10)8-14-18(21-22-19(14)26)17-6-5-7-27-17/h5-8,12-13,20,24-25H,9H2,1-4H3,(H,22,26). The second kappa shape index (κ2) is 7.51. The topological polar surface area (TPSA) is 114 Å². The van der Waals surface area contributed by atoms with Gasteiger partial charge >= 0.3 is 0 Å². The lowest BCUT2D eigenvalue weighted by Gasteiger charge is -2.28. The average molecular weight is 372 g/mol. The quantitative estimate of drug-likeness (QED) is 0.454. The molecule has 2 aromatic heterocycles. The number of aryl methyl sites for hydroxylation is 1. The Labute approximate surface area is 157 Å². The molecule has 2 aromatic rings. The maximum absolute atomic E-state index is 12.2. The predicted octanol–water partition coefficient (Wildman–Crippen LogP) is 1.62. The number of H-pyrrole nitrogens is 1. The molecule has 8 heteroatoms. The highest BCUT2D eigenvalue weighted by Gasteiger charge is 2.27. The van der Waals surface area contributed by atoms with Crippen molar-refractivity contribution in [2.45, 2.75) is 46.7 Å². The van der Waals surface area contributed by atoms with Gasteiger partial charge < -0.3 is 19.6 Å². The summed E-state index contributed by atoms with van der Waals surface area (Å²) in [6, 6.07) is 3.48. The summed E-state index contributed by atoms with van der Waals surface area (Å²) in [5.74, 6) is 0.208. The second-order valence-corrected chi connectivity index (χ2v) is 6.64. The van der Waals surface area contributed by atoms with Gasteiger partial charge in [0.15, 0.2) is 5.76 Å². The molecule has 1 amide bonds. The van der Waals surface area contributed by atoms with Crippen LogP contribution in [0.4, 0.5) is 0 Å². The van der Waals surface area contributed by atoms with Crippen LogP contribution in [0.25, 0.3) is 6.08 Å². The first kappa shape index (κ1) is 19.1. The van der Waals surface area contributed by atoms with E-state index < -0.39 is 12.5 Å². The molecule has 27 heavy (non-hydrogen) atoms. The molecule has 0 saturated heterocycles. The Kier molecular flexibility index (Phi) is 5.31. The monoisotopic (exact) mass is 372 g/mol. The maximum Gasteiger partial charge on any atom is 0.273 e. The van der Waals surface area contributed by atoms with Crippen LogP contribution < -0.4 is 5.43 Å². The number of amides is 1. The number of aliphatic hydroxyl groups is 2. The zero-order valence-electron chi connectivity index (χ0n) is 15.8. The number of furan rings is 1. The molecule has 4 N–H and O–H groups in total. The van der Waals surface area contributed by atoms with Crippen molar-refractivity contribution < 1.29 is 19.4 Å². The maximum atomic E-state index is 12.2. The van der Waals surface area contributed by atoms with Crippen molar-refractivity contribution >= 4 is 17.7 Å². The molecule has 0 fully saturated rings. The molecule has 3 rings (SSSR count). The summed E-state index contributed by atoms with van der Waals surface area (Å²) in [4.78, 5) is 17.1. The van der Waals surface area contributed by atoms with Gasteiger partial charge in [0.1, 0.15) is 18.2 Å². The van der Waals surface area contributed by atoms with Gasteiger partial charge in [-0.3, -0.25) is 4.79 Å². The van der Waals surface area contributed by atoms with Crippen molar-refractivity contribution in [3.8, 4) is 0 Å². The largest absolute Gasteiger partial charge is 0.463 e. The lowest BCUT2D eigenvalue weighted by Crippen LogP contribution is -2.39. The molecule has 1 aliphatic rings. The van der Waals surface area contributed by atoms with Crippen LogP contribution in [0.3, 0.4) is 0 Å². The molecule has 0 aromatic carbocycles. The summed E-state index contributed by atoms with van der Waals surface area (Å²) < 4.78 is 5.36. The van der Waals surface area contributed by atoms with E-state index >= 15 is 0 Å². The van der Waals surface area contributed by atoms with Gasteiger partial charge in [-0.1, -0.05) is 0 Å². The minimum absolute atomic E-state index is 0.302. The highest BCUT2D eigenvalue weighted by molar-refractivity contribution is 6.32. The Morgan fingerprint density at radius 2 is 2.00 bits per heavy atom. The fraction of sp³-hybridized carbons (Fsp3) is 0.368. The van der Waals surface area contributed by atoms with Crippen LogP contribution in [0.1, 0.15) is 42.1 Å². The minimum Gasteiger partial charge on any atom is -0.463 e. The van der Waals surface area contributed by atoms with E-state index in [0.29, 0.717) is 23.6 Å². The zero-order valence-corrected chi connectivity index (χ0v) is 15.8. The molecule has 1 aliphatic heterocycles. The van der Waals surface area contributed by atoms with Crippen LogP contribution >= 0.6 is 0 Å². The number of hydrogen-bond acceptors (Lipinski definition) is 6. The number of aromatic nitrogens is 1. The Hall–Kier alpha value is -2.68. The summed E-state index contributed by atoms with van der Waals surface area (Å²) in [6.07, 6.45) is 1.68. The molecule has 0 radical (unpaired) electrons. The Morgan fingerprint density at radius 3 is 2.59 bits per heavy atom. The van der Waals surface area contributed by atoms with E-state index in [0.717, 1.165) is 22.5 Å². The molecule has 0 spiro atoms. The minimum atomic E-state index is -0.793. The number of carbonyl (C=O) groups is 1. The predicted molar refractivity (Wildman–Crippen MR) is 101 cm³/mol. The van der Waals surface area contributed by atoms with Crippen molar-refractivity contribution in [3.05, 3.63) is 52.2 Å². The number of carbonyl (C=O) groups excluding carboxylic acids is 1. The van der Waals surface area contributed by atoms with Gasteiger partial charge in [-0.15, -0.1) is 0 Å². The summed E-state index contributed by atoms with van der Waals surface area (Å²) in [5, 5.41) is 23.9. The zero-order chi connectivity index (χ0) is 19.7. The van der Waals surface area contributed by atoms with E-state index in [1.54, 1.807) is 37.0 Å². The molecular weight excluding hydrogens is 348 g/mol. The third-order valence-electron chi connectivity index (χ3n) is 4.74. The van der Waals surface area contributed by atoms with E-state index in [1.807, 2.05) is 13.8 Å².